The van der Waals surface area contributed by atoms with E-state index in [9.17, 15) is 9.90 Å². The number of aromatic carboxylic acids is 1. The number of hydrogen-bond acceptors (Lipinski definition) is 2. The number of rotatable bonds is 5. The Labute approximate surface area is 170 Å². The molecular weight excluding hydrogens is 372 g/mol. The first-order valence-corrected chi connectivity index (χ1v) is 9.52. The molecule has 28 heavy (non-hydrogen) atoms. The van der Waals surface area contributed by atoms with Gasteiger partial charge in [-0.25, -0.2) is 4.79 Å². The molecule has 0 aliphatic rings. The number of hydrogen-bond donors (Lipinski definition) is 1. The molecule has 0 aliphatic heterocycles. The van der Waals surface area contributed by atoms with Crippen molar-refractivity contribution in [3.63, 3.8) is 0 Å². The molecule has 3 aromatic rings. The zero-order valence-electron chi connectivity index (χ0n) is 16.4. The van der Waals surface area contributed by atoms with Crippen molar-refractivity contribution in [3.8, 4) is 5.69 Å². The Kier molecular flexibility index (Phi) is 5.71. The van der Waals surface area contributed by atoms with Gasteiger partial charge in [0.25, 0.3) is 0 Å². The van der Waals surface area contributed by atoms with Crippen LogP contribution in [-0.4, -0.2) is 21.9 Å². The highest BCUT2D eigenvalue weighted by atomic mass is 35.5. The minimum Gasteiger partial charge on any atom is -0.478 e. The van der Waals surface area contributed by atoms with E-state index in [1.165, 1.54) is 11.6 Å². The quantitative estimate of drug-likeness (QED) is 0.515. The molecule has 0 saturated heterocycles. The van der Waals surface area contributed by atoms with Gasteiger partial charge in [0.2, 0.25) is 0 Å². The largest absolute Gasteiger partial charge is 0.478 e. The summed E-state index contributed by atoms with van der Waals surface area (Å²) in [4.78, 5) is 15.9. The molecule has 0 spiro atoms. The number of halogens is 1. The Morgan fingerprint density at radius 1 is 1.14 bits per heavy atom. The molecule has 1 N–H and O–H groups in total. The van der Waals surface area contributed by atoms with Crippen molar-refractivity contribution in [1.29, 1.82) is 0 Å². The van der Waals surface area contributed by atoms with Crippen molar-refractivity contribution in [2.75, 3.05) is 0 Å². The van der Waals surface area contributed by atoms with E-state index in [0.29, 0.717) is 5.92 Å². The highest BCUT2D eigenvalue weighted by Gasteiger charge is 2.14. The summed E-state index contributed by atoms with van der Waals surface area (Å²) in [5, 5.41) is 9.39. The Bertz CT molecular complexity index is 1060. The van der Waals surface area contributed by atoms with Crippen LogP contribution in [-0.2, 0) is 0 Å². The van der Waals surface area contributed by atoms with E-state index in [0.717, 1.165) is 28.3 Å². The summed E-state index contributed by atoms with van der Waals surface area (Å²) in [6, 6.07) is 15.2. The number of carboxylic acids is 1. The summed E-state index contributed by atoms with van der Waals surface area (Å²) in [5.74, 6) is -0.634. The molecule has 0 saturated carbocycles. The van der Waals surface area contributed by atoms with Crippen LogP contribution in [0.5, 0.6) is 0 Å². The van der Waals surface area contributed by atoms with Crippen LogP contribution in [0.3, 0.4) is 0 Å². The van der Waals surface area contributed by atoms with Gasteiger partial charge >= 0.3 is 5.97 Å². The Balaban J connectivity index is 1.99. The first-order valence-electron chi connectivity index (χ1n) is 9.14. The number of aromatic nitrogens is 1. The summed E-state index contributed by atoms with van der Waals surface area (Å²) in [6.45, 7) is 8.34. The lowest BCUT2D eigenvalue weighted by Gasteiger charge is -2.11. The van der Waals surface area contributed by atoms with Gasteiger partial charge < -0.3 is 9.67 Å². The van der Waals surface area contributed by atoms with Crippen LogP contribution < -0.4 is 0 Å². The molecule has 0 amide bonds. The van der Waals surface area contributed by atoms with E-state index in [1.54, 1.807) is 12.1 Å². The third kappa shape index (κ3) is 3.87. The molecule has 0 aliphatic carbocycles. The first-order chi connectivity index (χ1) is 13.3. The smallest absolute Gasteiger partial charge is 0.337 e. The van der Waals surface area contributed by atoms with Gasteiger partial charge in [0.1, 0.15) is 0 Å². The van der Waals surface area contributed by atoms with Crippen molar-refractivity contribution in [1.82, 2.24) is 4.57 Å². The fraction of sp³-hybridized carbons (Fsp3) is 0.217. The number of benzene rings is 2. The molecule has 1 heterocycles. The summed E-state index contributed by atoms with van der Waals surface area (Å²) >= 11 is 6.15. The minimum absolute atomic E-state index is 0.0972. The average molecular weight is 395 g/mol. The SMILES string of the molecule is Cc1cc(C=Nc2ccccc2C(C)C)c(C)n1-c1ccc(C(=O)O)c(Cl)c1. The van der Waals surface area contributed by atoms with E-state index in [1.807, 2.05) is 42.8 Å². The van der Waals surface area contributed by atoms with Gasteiger partial charge in [-0.1, -0.05) is 43.6 Å². The number of para-hydroxylation sites is 1. The van der Waals surface area contributed by atoms with Crippen LogP contribution in [0.2, 0.25) is 5.02 Å². The van der Waals surface area contributed by atoms with Gasteiger partial charge in [-0.3, -0.25) is 4.99 Å². The zero-order valence-corrected chi connectivity index (χ0v) is 17.2. The highest BCUT2D eigenvalue weighted by Crippen LogP contribution is 2.28. The van der Waals surface area contributed by atoms with Crippen LogP contribution in [0.25, 0.3) is 5.69 Å². The fourth-order valence-corrected chi connectivity index (χ4v) is 3.62. The van der Waals surface area contributed by atoms with Crippen molar-refractivity contribution < 1.29 is 9.90 Å². The second kappa shape index (κ2) is 8.03. The molecule has 1 aromatic heterocycles. The summed E-state index contributed by atoms with van der Waals surface area (Å²) in [5.41, 5.74) is 6.15. The first kappa shape index (κ1) is 19.9. The van der Waals surface area contributed by atoms with E-state index < -0.39 is 5.97 Å². The van der Waals surface area contributed by atoms with E-state index in [2.05, 4.69) is 26.0 Å². The Morgan fingerprint density at radius 3 is 2.50 bits per heavy atom. The fourth-order valence-electron chi connectivity index (χ4n) is 3.36. The molecule has 144 valence electrons. The van der Waals surface area contributed by atoms with Crippen LogP contribution in [0.1, 0.15) is 52.6 Å². The molecule has 3 rings (SSSR count). The zero-order chi connectivity index (χ0) is 20.4. The van der Waals surface area contributed by atoms with Gasteiger partial charge in [0.05, 0.1) is 16.3 Å². The highest BCUT2D eigenvalue weighted by molar-refractivity contribution is 6.33. The van der Waals surface area contributed by atoms with Crippen molar-refractivity contribution in [2.45, 2.75) is 33.6 Å². The lowest BCUT2D eigenvalue weighted by molar-refractivity contribution is 0.0697. The summed E-state index contributed by atoms with van der Waals surface area (Å²) in [7, 11) is 0. The van der Waals surface area contributed by atoms with Gasteiger partial charge in [-0.05, 0) is 55.7 Å². The van der Waals surface area contributed by atoms with E-state index in [4.69, 9.17) is 16.6 Å². The maximum Gasteiger partial charge on any atom is 0.337 e. The summed E-state index contributed by atoms with van der Waals surface area (Å²) < 4.78 is 2.05. The second-order valence-electron chi connectivity index (χ2n) is 7.10. The van der Waals surface area contributed by atoms with Crippen molar-refractivity contribution in [3.05, 3.63) is 81.6 Å². The third-order valence-electron chi connectivity index (χ3n) is 4.81. The van der Waals surface area contributed by atoms with Crippen LogP contribution in [0, 0.1) is 13.8 Å². The van der Waals surface area contributed by atoms with Crippen molar-refractivity contribution >= 4 is 29.5 Å². The van der Waals surface area contributed by atoms with Crippen LogP contribution in [0.15, 0.2) is 53.5 Å². The monoisotopic (exact) mass is 394 g/mol. The molecule has 4 nitrogen and oxygen atoms in total. The Morgan fingerprint density at radius 2 is 1.86 bits per heavy atom. The number of carboxylic acid groups (broad SMARTS) is 1. The maximum absolute atomic E-state index is 11.2. The van der Waals surface area contributed by atoms with Crippen LogP contribution >= 0.6 is 11.6 Å². The van der Waals surface area contributed by atoms with E-state index in [-0.39, 0.29) is 10.6 Å². The predicted molar refractivity (Wildman–Crippen MR) is 115 cm³/mol. The molecule has 0 radical (unpaired) electrons. The lowest BCUT2D eigenvalue weighted by Crippen LogP contribution is -2.02. The average Bonchev–Trinajstić information content (AvgIpc) is 2.93. The van der Waals surface area contributed by atoms with Gasteiger partial charge in [-0.15, -0.1) is 0 Å². The van der Waals surface area contributed by atoms with Gasteiger partial charge in [0.15, 0.2) is 0 Å². The lowest BCUT2D eigenvalue weighted by atomic mass is 10.0. The Hall–Kier alpha value is -2.85. The molecule has 0 atom stereocenters. The molecule has 0 fully saturated rings. The number of aryl methyl sites for hydroxylation is 1. The number of nitrogens with zero attached hydrogens (tertiary/aromatic N) is 2. The normalized spacial score (nSPS) is 11.5. The topological polar surface area (TPSA) is 54.6 Å². The molecular formula is C23H23ClN2O2. The van der Waals surface area contributed by atoms with Crippen molar-refractivity contribution in [2.24, 2.45) is 4.99 Å². The van der Waals surface area contributed by atoms with Crippen LogP contribution in [0.4, 0.5) is 5.69 Å². The molecule has 2 aromatic carbocycles. The third-order valence-corrected chi connectivity index (χ3v) is 5.13. The number of aliphatic imine (C=N–C) groups is 1. The minimum atomic E-state index is -1.03. The van der Waals surface area contributed by atoms with Gasteiger partial charge in [0, 0.05) is 28.9 Å². The van der Waals surface area contributed by atoms with Gasteiger partial charge in [-0.2, -0.15) is 0 Å². The number of carbonyl (C=O) groups is 1. The maximum atomic E-state index is 11.2. The summed E-state index contributed by atoms with van der Waals surface area (Å²) in [6.07, 6.45) is 1.88. The predicted octanol–water partition coefficient (Wildman–Crippen LogP) is 6.32. The second-order valence-corrected chi connectivity index (χ2v) is 7.51. The molecule has 0 bridgehead atoms. The van der Waals surface area contributed by atoms with E-state index >= 15 is 0 Å². The molecule has 0 unspecified atom stereocenters. The standard InChI is InChI=1S/C23H23ClN2O2/c1-14(2)19-7-5-6-8-22(19)25-13-17-11-15(3)26(16(17)4)18-9-10-20(23(27)28)21(24)12-18/h5-14H,1-4H3,(H,27,28). The molecule has 5 heteroatoms.